The topological polar surface area (TPSA) is 9.23 Å². The Labute approximate surface area is 83.0 Å². The van der Waals surface area contributed by atoms with E-state index in [0.29, 0.717) is 6.61 Å². The van der Waals surface area contributed by atoms with Crippen molar-refractivity contribution in [2.75, 3.05) is 7.11 Å². The van der Waals surface area contributed by atoms with Crippen LogP contribution in [0, 0.1) is 0 Å². The second kappa shape index (κ2) is 4.24. The molecule has 60 valence electrons. The number of rotatable bonds is 2. The summed E-state index contributed by atoms with van der Waals surface area (Å²) in [5.74, 6) is 0. The van der Waals surface area contributed by atoms with Gasteiger partial charge in [-0.25, -0.2) is 0 Å². The van der Waals surface area contributed by atoms with E-state index in [1.54, 1.807) is 7.11 Å². The quantitative estimate of drug-likeness (QED) is 0.807. The molecule has 0 aliphatic rings. The summed E-state index contributed by atoms with van der Waals surface area (Å²) in [5.41, 5.74) is 1.17. The van der Waals surface area contributed by atoms with Gasteiger partial charge in [-0.2, -0.15) is 0 Å². The summed E-state index contributed by atoms with van der Waals surface area (Å²) >= 11 is 6.81. The van der Waals surface area contributed by atoms with Crippen LogP contribution in [0.2, 0.25) is 0 Å². The zero-order chi connectivity index (χ0) is 8.27. The Morgan fingerprint density at radius 2 is 2.00 bits per heavy atom. The fourth-order valence-corrected chi connectivity index (χ4v) is 1.47. The van der Waals surface area contributed by atoms with E-state index in [1.165, 1.54) is 5.56 Å². The number of ether oxygens (including phenoxy) is 1. The van der Waals surface area contributed by atoms with Crippen LogP contribution in [0.5, 0.6) is 0 Å². The molecule has 0 atom stereocenters. The SMILES string of the molecule is COCc1ccc(Br)c(Br)c1. The first kappa shape index (κ1) is 9.23. The van der Waals surface area contributed by atoms with Crippen molar-refractivity contribution in [1.29, 1.82) is 0 Å². The Hall–Kier alpha value is 0.140. The van der Waals surface area contributed by atoms with E-state index in [9.17, 15) is 0 Å². The van der Waals surface area contributed by atoms with Crippen LogP contribution in [0.15, 0.2) is 27.1 Å². The minimum atomic E-state index is 0.659. The first-order chi connectivity index (χ1) is 5.24. The predicted molar refractivity (Wildman–Crippen MR) is 52.6 cm³/mol. The van der Waals surface area contributed by atoms with E-state index < -0.39 is 0 Å². The van der Waals surface area contributed by atoms with E-state index in [-0.39, 0.29) is 0 Å². The first-order valence-electron chi connectivity index (χ1n) is 3.17. The van der Waals surface area contributed by atoms with Crippen molar-refractivity contribution in [3.63, 3.8) is 0 Å². The molecule has 0 fully saturated rings. The van der Waals surface area contributed by atoms with Crippen molar-refractivity contribution in [1.82, 2.24) is 0 Å². The Bertz CT molecular complexity index is 248. The fourth-order valence-electron chi connectivity index (χ4n) is 0.796. The molecule has 1 aromatic carbocycles. The van der Waals surface area contributed by atoms with Gasteiger partial charge >= 0.3 is 0 Å². The molecule has 0 radical (unpaired) electrons. The monoisotopic (exact) mass is 278 g/mol. The maximum absolute atomic E-state index is 4.99. The van der Waals surface area contributed by atoms with Gasteiger partial charge in [-0.15, -0.1) is 0 Å². The molecule has 0 bridgehead atoms. The van der Waals surface area contributed by atoms with Gasteiger partial charge in [0.15, 0.2) is 0 Å². The number of benzene rings is 1. The molecule has 0 unspecified atom stereocenters. The highest BCUT2D eigenvalue weighted by molar-refractivity contribution is 9.13. The summed E-state index contributed by atoms with van der Waals surface area (Å²) in [6.07, 6.45) is 0. The third kappa shape index (κ3) is 2.58. The first-order valence-corrected chi connectivity index (χ1v) is 4.75. The zero-order valence-electron chi connectivity index (χ0n) is 6.10. The van der Waals surface area contributed by atoms with Crippen molar-refractivity contribution in [3.05, 3.63) is 32.7 Å². The van der Waals surface area contributed by atoms with Gasteiger partial charge in [0, 0.05) is 16.1 Å². The van der Waals surface area contributed by atoms with E-state index in [1.807, 2.05) is 18.2 Å². The fraction of sp³-hybridized carbons (Fsp3) is 0.250. The molecule has 1 aromatic rings. The summed E-state index contributed by atoms with van der Waals surface area (Å²) in [5, 5.41) is 0. The molecule has 0 aliphatic heterocycles. The Morgan fingerprint density at radius 3 is 2.55 bits per heavy atom. The molecule has 1 rings (SSSR count). The Morgan fingerprint density at radius 1 is 1.27 bits per heavy atom. The van der Waals surface area contributed by atoms with Crippen molar-refractivity contribution >= 4 is 31.9 Å². The summed E-state index contributed by atoms with van der Waals surface area (Å²) in [6, 6.07) is 6.06. The van der Waals surface area contributed by atoms with Gasteiger partial charge < -0.3 is 4.74 Å². The molecule has 0 N–H and O–H groups in total. The van der Waals surface area contributed by atoms with Crippen LogP contribution in [-0.4, -0.2) is 7.11 Å². The minimum Gasteiger partial charge on any atom is -0.380 e. The van der Waals surface area contributed by atoms with Crippen molar-refractivity contribution in [2.24, 2.45) is 0 Å². The van der Waals surface area contributed by atoms with Crippen LogP contribution in [0.25, 0.3) is 0 Å². The third-order valence-corrected chi connectivity index (χ3v) is 3.17. The van der Waals surface area contributed by atoms with E-state index in [0.717, 1.165) is 8.95 Å². The van der Waals surface area contributed by atoms with Crippen LogP contribution in [-0.2, 0) is 11.3 Å². The second-order valence-corrected chi connectivity index (χ2v) is 3.89. The van der Waals surface area contributed by atoms with Gasteiger partial charge in [-0.3, -0.25) is 0 Å². The second-order valence-electron chi connectivity index (χ2n) is 2.18. The maximum Gasteiger partial charge on any atom is 0.0713 e. The molecule has 1 nitrogen and oxygen atoms in total. The predicted octanol–water partition coefficient (Wildman–Crippen LogP) is 3.36. The van der Waals surface area contributed by atoms with Crippen molar-refractivity contribution in [3.8, 4) is 0 Å². The average molecular weight is 280 g/mol. The molecular formula is C8H8Br2O. The largest absolute Gasteiger partial charge is 0.380 e. The molecule has 11 heavy (non-hydrogen) atoms. The lowest BCUT2D eigenvalue weighted by Gasteiger charge is -2.00. The number of methoxy groups -OCH3 is 1. The maximum atomic E-state index is 4.99. The minimum absolute atomic E-state index is 0.659. The van der Waals surface area contributed by atoms with Crippen LogP contribution in [0.3, 0.4) is 0 Å². The van der Waals surface area contributed by atoms with Gasteiger partial charge in [0.05, 0.1) is 6.61 Å². The molecule has 0 amide bonds. The summed E-state index contributed by atoms with van der Waals surface area (Å²) < 4.78 is 7.12. The third-order valence-electron chi connectivity index (χ3n) is 1.30. The Balaban J connectivity index is 2.86. The molecule has 0 heterocycles. The molecule has 0 aliphatic carbocycles. The standard InChI is InChI=1S/C8H8Br2O/c1-11-5-6-2-3-7(9)8(10)4-6/h2-4H,5H2,1H3. The van der Waals surface area contributed by atoms with E-state index in [2.05, 4.69) is 31.9 Å². The van der Waals surface area contributed by atoms with Gasteiger partial charge in [0.2, 0.25) is 0 Å². The van der Waals surface area contributed by atoms with Crippen LogP contribution in [0.1, 0.15) is 5.56 Å². The van der Waals surface area contributed by atoms with Gasteiger partial charge in [0.25, 0.3) is 0 Å². The highest BCUT2D eigenvalue weighted by atomic mass is 79.9. The van der Waals surface area contributed by atoms with Crippen LogP contribution in [0.4, 0.5) is 0 Å². The lowest BCUT2D eigenvalue weighted by atomic mass is 10.2. The average Bonchev–Trinajstić information content (AvgIpc) is 1.98. The molecular weight excluding hydrogens is 272 g/mol. The number of halogens is 2. The molecule has 0 aromatic heterocycles. The lowest BCUT2D eigenvalue weighted by Crippen LogP contribution is -1.86. The Kier molecular flexibility index (Phi) is 3.55. The number of hydrogen-bond acceptors (Lipinski definition) is 1. The molecule has 3 heteroatoms. The summed E-state index contributed by atoms with van der Waals surface area (Å²) in [7, 11) is 1.69. The lowest BCUT2D eigenvalue weighted by molar-refractivity contribution is 0.185. The summed E-state index contributed by atoms with van der Waals surface area (Å²) in [4.78, 5) is 0. The van der Waals surface area contributed by atoms with Gasteiger partial charge in [0.1, 0.15) is 0 Å². The summed E-state index contributed by atoms with van der Waals surface area (Å²) in [6.45, 7) is 0.659. The normalized spacial score (nSPS) is 10.1. The van der Waals surface area contributed by atoms with Crippen molar-refractivity contribution in [2.45, 2.75) is 6.61 Å². The highest BCUT2D eigenvalue weighted by Gasteiger charge is 1.96. The molecule has 0 saturated carbocycles. The number of hydrogen-bond donors (Lipinski definition) is 0. The van der Waals surface area contributed by atoms with Gasteiger partial charge in [-0.05, 0) is 49.6 Å². The van der Waals surface area contributed by atoms with Crippen LogP contribution < -0.4 is 0 Å². The zero-order valence-corrected chi connectivity index (χ0v) is 9.28. The van der Waals surface area contributed by atoms with E-state index in [4.69, 9.17) is 4.74 Å². The van der Waals surface area contributed by atoms with Crippen molar-refractivity contribution < 1.29 is 4.74 Å². The van der Waals surface area contributed by atoms with Gasteiger partial charge in [-0.1, -0.05) is 6.07 Å². The highest BCUT2D eigenvalue weighted by Crippen LogP contribution is 2.23. The van der Waals surface area contributed by atoms with Crippen LogP contribution >= 0.6 is 31.9 Å². The molecule has 0 spiro atoms. The van der Waals surface area contributed by atoms with E-state index >= 15 is 0 Å². The molecule has 0 saturated heterocycles. The smallest absolute Gasteiger partial charge is 0.0713 e.